The molecule has 38 heavy (non-hydrogen) atoms. The van der Waals surface area contributed by atoms with Crippen molar-refractivity contribution in [1.82, 2.24) is 4.98 Å². The van der Waals surface area contributed by atoms with Crippen molar-refractivity contribution >= 4 is 29.0 Å². The van der Waals surface area contributed by atoms with E-state index in [4.69, 9.17) is 16.3 Å². The Labute approximate surface area is 227 Å². The molecule has 202 valence electrons. The van der Waals surface area contributed by atoms with Crippen LogP contribution in [0, 0.1) is 12.7 Å². The summed E-state index contributed by atoms with van der Waals surface area (Å²) in [6, 6.07) is 11.3. The summed E-state index contributed by atoms with van der Waals surface area (Å²) in [5, 5.41) is 20.5. The number of aromatic nitrogens is 1. The number of pyridine rings is 1. The number of hydrogen-bond donors (Lipinski definition) is 2. The molecule has 1 aliphatic heterocycles. The summed E-state index contributed by atoms with van der Waals surface area (Å²) in [5.74, 6) is 0.548. The number of carbonyl (C=O) groups excluding carboxylic acids is 1. The van der Waals surface area contributed by atoms with Crippen LogP contribution in [-0.2, 0) is 10.2 Å². The van der Waals surface area contributed by atoms with Crippen LogP contribution in [0.25, 0.3) is 11.1 Å². The molecule has 0 unspecified atom stereocenters. The first-order chi connectivity index (χ1) is 18.0. The number of aliphatic hydroxyl groups is 2. The zero-order valence-corrected chi connectivity index (χ0v) is 23.0. The first-order valence-corrected chi connectivity index (χ1v) is 12.8. The minimum absolute atomic E-state index is 0.124. The molecule has 2 N–H and O–H groups in total. The second kappa shape index (κ2) is 10.9. The monoisotopic (exact) mass is 541 g/mol. The molecule has 2 aromatic carbocycles. The number of amides is 1. The summed E-state index contributed by atoms with van der Waals surface area (Å²) in [5.41, 5.74) is 2.38. The normalized spacial score (nSPS) is 17.6. The minimum atomic E-state index is -0.970. The van der Waals surface area contributed by atoms with Gasteiger partial charge in [-0.25, -0.2) is 9.37 Å². The van der Waals surface area contributed by atoms with Gasteiger partial charge in [0.15, 0.2) is 0 Å². The van der Waals surface area contributed by atoms with Gasteiger partial charge in [-0.2, -0.15) is 0 Å². The van der Waals surface area contributed by atoms with Crippen LogP contribution in [0.15, 0.2) is 48.7 Å². The summed E-state index contributed by atoms with van der Waals surface area (Å²) < 4.78 is 19.3. The van der Waals surface area contributed by atoms with Crippen LogP contribution in [0.1, 0.15) is 31.4 Å². The second-order valence-corrected chi connectivity index (χ2v) is 10.7. The van der Waals surface area contributed by atoms with Crippen LogP contribution < -0.4 is 14.5 Å². The van der Waals surface area contributed by atoms with Gasteiger partial charge in [0.2, 0.25) is 5.91 Å². The maximum atomic E-state index is 14.0. The number of carbonyl (C=O) groups is 1. The van der Waals surface area contributed by atoms with E-state index in [-0.39, 0.29) is 24.4 Å². The van der Waals surface area contributed by atoms with Gasteiger partial charge < -0.3 is 24.7 Å². The number of benzene rings is 2. The van der Waals surface area contributed by atoms with Crippen molar-refractivity contribution in [3.63, 3.8) is 0 Å². The average Bonchev–Trinajstić information content (AvgIpc) is 3.27. The van der Waals surface area contributed by atoms with Gasteiger partial charge in [0.05, 0.1) is 43.2 Å². The standard InChI is InChI=1S/C29H33ClFN3O4/c1-17-8-20(31)6-7-24(17)25-13-27(34-15-22(36)12-21(34)16-35)32-14-26(25)33(4)28(37)29(2,3)18-9-19(30)11-23(10-18)38-5/h6-11,13-14,21-22,35-36H,12,15-16H2,1-5H3/t21-,22+/m0/s1. The highest BCUT2D eigenvalue weighted by Crippen LogP contribution is 2.39. The van der Waals surface area contributed by atoms with Gasteiger partial charge in [-0.3, -0.25) is 4.79 Å². The molecule has 0 saturated carbocycles. The highest BCUT2D eigenvalue weighted by Gasteiger charge is 2.36. The zero-order valence-electron chi connectivity index (χ0n) is 22.2. The summed E-state index contributed by atoms with van der Waals surface area (Å²) in [6.45, 7) is 5.65. The molecule has 1 aliphatic rings. The molecular weight excluding hydrogens is 509 g/mol. The molecule has 1 saturated heterocycles. The average molecular weight is 542 g/mol. The van der Waals surface area contributed by atoms with Crippen LogP contribution in [0.5, 0.6) is 5.75 Å². The van der Waals surface area contributed by atoms with Gasteiger partial charge in [-0.15, -0.1) is 0 Å². The number of likely N-dealkylation sites (N-methyl/N-ethyl adjacent to an activating group) is 1. The molecule has 0 aliphatic carbocycles. The number of nitrogens with zero attached hydrogens (tertiary/aromatic N) is 3. The number of anilines is 2. The van der Waals surface area contributed by atoms with E-state index in [0.29, 0.717) is 51.9 Å². The molecule has 0 radical (unpaired) electrons. The Balaban J connectivity index is 1.81. The fourth-order valence-electron chi connectivity index (χ4n) is 5.05. The Kier molecular flexibility index (Phi) is 7.97. The van der Waals surface area contributed by atoms with Gasteiger partial charge in [-0.05, 0) is 80.3 Å². The topological polar surface area (TPSA) is 86.1 Å². The molecule has 2 atom stereocenters. The highest BCUT2D eigenvalue weighted by atomic mass is 35.5. The molecule has 1 fully saturated rings. The lowest BCUT2D eigenvalue weighted by molar-refractivity contribution is -0.122. The lowest BCUT2D eigenvalue weighted by atomic mass is 9.83. The van der Waals surface area contributed by atoms with Crippen LogP contribution in [0.3, 0.4) is 0 Å². The van der Waals surface area contributed by atoms with Crippen molar-refractivity contribution in [3.05, 3.63) is 70.6 Å². The molecule has 3 aromatic rings. The Morgan fingerprint density at radius 2 is 1.97 bits per heavy atom. The Morgan fingerprint density at radius 1 is 1.24 bits per heavy atom. The van der Waals surface area contributed by atoms with Gasteiger partial charge in [0.1, 0.15) is 17.4 Å². The van der Waals surface area contributed by atoms with Crippen LogP contribution >= 0.6 is 11.6 Å². The van der Waals surface area contributed by atoms with Crippen molar-refractivity contribution in [2.75, 3.05) is 37.1 Å². The van der Waals surface area contributed by atoms with Crippen LogP contribution in [0.2, 0.25) is 5.02 Å². The number of halogens is 2. The quantitative estimate of drug-likeness (QED) is 0.450. The van der Waals surface area contributed by atoms with Crippen molar-refractivity contribution in [2.24, 2.45) is 0 Å². The van der Waals surface area contributed by atoms with E-state index < -0.39 is 11.5 Å². The third kappa shape index (κ3) is 5.34. The molecular formula is C29H33ClFN3O4. The van der Waals surface area contributed by atoms with E-state index in [1.54, 1.807) is 49.5 Å². The van der Waals surface area contributed by atoms with Gasteiger partial charge >= 0.3 is 0 Å². The van der Waals surface area contributed by atoms with E-state index in [1.807, 2.05) is 31.7 Å². The molecule has 0 spiro atoms. The number of methoxy groups -OCH3 is 1. The fraction of sp³-hybridized carbons (Fsp3) is 0.379. The number of aliphatic hydroxyl groups excluding tert-OH is 2. The molecule has 4 rings (SSSR count). The lowest BCUT2D eigenvalue weighted by Crippen LogP contribution is -2.42. The number of rotatable bonds is 7. The SMILES string of the molecule is COc1cc(Cl)cc(C(C)(C)C(=O)N(C)c2cnc(N3C[C@H](O)C[C@H]3CO)cc2-c2ccc(F)cc2C)c1. The van der Waals surface area contributed by atoms with E-state index in [1.165, 1.54) is 12.1 Å². The van der Waals surface area contributed by atoms with Crippen molar-refractivity contribution in [1.29, 1.82) is 0 Å². The highest BCUT2D eigenvalue weighted by molar-refractivity contribution is 6.30. The summed E-state index contributed by atoms with van der Waals surface area (Å²) >= 11 is 6.30. The first-order valence-electron chi connectivity index (χ1n) is 12.4. The van der Waals surface area contributed by atoms with Gasteiger partial charge in [0, 0.05) is 24.2 Å². The molecule has 7 nitrogen and oxygen atoms in total. The fourth-order valence-corrected chi connectivity index (χ4v) is 5.27. The van der Waals surface area contributed by atoms with Crippen LogP contribution in [-0.4, -0.2) is 60.6 Å². The number of ether oxygens (including phenoxy) is 1. The lowest BCUT2D eigenvalue weighted by Gasteiger charge is -2.32. The third-order valence-corrected chi connectivity index (χ3v) is 7.49. The molecule has 9 heteroatoms. The maximum absolute atomic E-state index is 14.0. The zero-order chi connectivity index (χ0) is 27.8. The predicted molar refractivity (Wildman–Crippen MR) is 148 cm³/mol. The number of β-amino-alcohol motifs (C(OH)–C–C–N with tert-alkyl or cyclic N) is 1. The Hall–Kier alpha value is -3.20. The van der Waals surface area contributed by atoms with Crippen molar-refractivity contribution in [2.45, 2.75) is 44.8 Å². The van der Waals surface area contributed by atoms with E-state index >= 15 is 0 Å². The second-order valence-electron chi connectivity index (χ2n) is 10.3. The molecule has 2 heterocycles. The molecule has 0 bridgehead atoms. The van der Waals surface area contributed by atoms with E-state index in [9.17, 15) is 19.4 Å². The largest absolute Gasteiger partial charge is 0.497 e. The summed E-state index contributed by atoms with van der Waals surface area (Å²) in [6.07, 6.45) is 1.46. The minimum Gasteiger partial charge on any atom is -0.497 e. The van der Waals surface area contributed by atoms with Crippen molar-refractivity contribution < 1.29 is 24.1 Å². The Bertz CT molecular complexity index is 1350. The Morgan fingerprint density at radius 3 is 2.63 bits per heavy atom. The maximum Gasteiger partial charge on any atom is 0.236 e. The smallest absolute Gasteiger partial charge is 0.236 e. The number of aryl methyl sites for hydroxylation is 1. The molecule has 1 amide bonds. The van der Waals surface area contributed by atoms with Crippen molar-refractivity contribution in [3.8, 4) is 16.9 Å². The summed E-state index contributed by atoms with van der Waals surface area (Å²) in [4.78, 5) is 22.0. The third-order valence-electron chi connectivity index (χ3n) is 7.27. The van der Waals surface area contributed by atoms with E-state index in [0.717, 1.165) is 5.56 Å². The first kappa shape index (κ1) is 27.8. The van der Waals surface area contributed by atoms with Crippen LogP contribution in [0.4, 0.5) is 15.9 Å². The summed E-state index contributed by atoms with van der Waals surface area (Å²) in [7, 11) is 3.22. The van der Waals surface area contributed by atoms with Gasteiger partial charge in [-0.1, -0.05) is 17.7 Å². The number of hydrogen-bond acceptors (Lipinski definition) is 6. The van der Waals surface area contributed by atoms with E-state index in [2.05, 4.69) is 4.98 Å². The van der Waals surface area contributed by atoms with Gasteiger partial charge in [0.25, 0.3) is 0 Å². The molecule has 1 aromatic heterocycles. The predicted octanol–water partition coefficient (Wildman–Crippen LogP) is 4.73.